The van der Waals surface area contributed by atoms with Crippen LogP contribution in [-0.2, 0) is 22.4 Å². The normalized spacial score (nSPS) is 17.3. The number of nitrogens with one attached hydrogen (secondary N) is 2. The smallest absolute Gasteiger partial charge is 0.237 e. The minimum atomic E-state index is -0.381. The van der Waals surface area contributed by atoms with E-state index in [1.165, 1.54) is 5.56 Å². The van der Waals surface area contributed by atoms with E-state index in [0.29, 0.717) is 13.1 Å². The first-order chi connectivity index (χ1) is 13.6. The van der Waals surface area contributed by atoms with E-state index in [1.807, 2.05) is 24.4 Å². The average Bonchev–Trinajstić information content (AvgIpc) is 3.23. The van der Waals surface area contributed by atoms with E-state index in [1.54, 1.807) is 18.1 Å². The molecule has 0 bridgehead atoms. The summed E-state index contributed by atoms with van der Waals surface area (Å²) >= 11 is 0. The Bertz CT molecular complexity index is 747. The Balaban J connectivity index is 1.49. The van der Waals surface area contributed by atoms with E-state index >= 15 is 0 Å². The zero-order chi connectivity index (χ0) is 19.8. The molecular weight excluding hydrogens is 354 g/mol. The predicted octanol–water partition coefficient (Wildman–Crippen LogP) is 1.23. The van der Waals surface area contributed by atoms with Crippen LogP contribution >= 0.6 is 0 Å². The number of piperazine rings is 1. The Morgan fingerprint density at radius 1 is 1.25 bits per heavy atom. The monoisotopic (exact) mass is 383 g/mol. The van der Waals surface area contributed by atoms with E-state index in [0.717, 1.165) is 37.9 Å². The van der Waals surface area contributed by atoms with Gasteiger partial charge in [0.15, 0.2) is 0 Å². The molecule has 2 aromatic rings. The molecule has 1 saturated heterocycles. The summed E-state index contributed by atoms with van der Waals surface area (Å²) in [5.74, 6) is -0.0406. The molecule has 1 atom stereocenters. The lowest BCUT2D eigenvalue weighted by Gasteiger charge is -2.35. The van der Waals surface area contributed by atoms with Gasteiger partial charge < -0.3 is 10.2 Å². The maximum atomic E-state index is 12.7. The fourth-order valence-electron chi connectivity index (χ4n) is 3.54. The van der Waals surface area contributed by atoms with Gasteiger partial charge in [0.05, 0.1) is 18.7 Å². The Kier molecular flexibility index (Phi) is 7.19. The van der Waals surface area contributed by atoms with Crippen LogP contribution in [0.15, 0.2) is 42.7 Å². The molecule has 7 heteroatoms. The van der Waals surface area contributed by atoms with Crippen LogP contribution < -0.4 is 5.32 Å². The second kappa shape index (κ2) is 10.0. The molecule has 0 unspecified atom stereocenters. The number of carbonyl (C=O) groups excluding carboxylic acids is 2. The third-order valence-corrected chi connectivity index (χ3v) is 5.28. The Morgan fingerprint density at radius 2 is 2.07 bits per heavy atom. The number of rotatable bonds is 9. The molecule has 3 rings (SSSR count). The third kappa shape index (κ3) is 5.66. The maximum absolute atomic E-state index is 12.7. The van der Waals surface area contributed by atoms with Gasteiger partial charge in [0.25, 0.3) is 0 Å². The lowest BCUT2D eigenvalue weighted by molar-refractivity contribution is -0.138. The van der Waals surface area contributed by atoms with Crippen molar-refractivity contribution in [2.24, 2.45) is 0 Å². The van der Waals surface area contributed by atoms with E-state index in [2.05, 4.69) is 32.5 Å². The zero-order valence-electron chi connectivity index (χ0n) is 16.4. The molecule has 1 aliphatic heterocycles. The van der Waals surface area contributed by atoms with Gasteiger partial charge in [-0.1, -0.05) is 30.3 Å². The van der Waals surface area contributed by atoms with E-state index < -0.39 is 0 Å². The van der Waals surface area contributed by atoms with Crippen molar-refractivity contribution in [3.63, 3.8) is 0 Å². The molecular formula is C21H29N5O2. The molecule has 1 aromatic carbocycles. The first-order valence-electron chi connectivity index (χ1n) is 9.91. The lowest BCUT2D eigenvalue weighted by Crippen LogP contribution is -2.56. The molecule has 0 saturated carbocycles. The minimum Gasteiger partial charge on any atom is -0.353 e. The van der Waals surface area contributed by atoms with Gasteiger partial charge >= 0.3 is 0 Å². The fraction of sp³-hybridized carbons (Fsp3) is 0.476. The Hall–Kier alpha value is -2.67. The van der Waals surface area contributed by atoms with E-state index in [-0.39, 0.29) is 24.3 Å². The van der Waals surface area contributed by atoms with Gasteiger partial charge in [0.1, 0.15) is 0 Å². The largest absolute Gasteiger partial charge is 0.353 e. The SMILES string of the molecule is CN(CCc1cn[nH]c1)C(=O)C[C@@H]1C(=O)NCCN1CCCc1ccccc1. The number of H-pyrrole nitrogens is 1. The van der Waals surface area contributed by atoms with Crippen molar-refractivity contribution >= 4 is 11.8 Å². The van der Waals surface area contributed by atoms with Gasteiger partial charge in [-0.15, -0.1) is 0 Å². The quantitative estimate of drug-likeness (QED) is 0.683. The molecule has 1 aromatic heterocycles. The number of benzene rings is 1. The summed E-state index contributed by atoms with van der Waals surface area (Å²) in [5, 5.41) is 9.60. The molecule has 28 heavy (non-hydrogen) atoms. The summed E-state index contributed by atoms with van der Waals surface area (Å²) in [5.41, 5.74) is 2.37. The molecule has 0 aliphatic carbocycles. The minimum absolute atomic E-state index is 0.00129. The molecule has 0 spiro atoms. The molecule has 0 radical (unpaired) electrons. The molecule has 2 amide bonds. The molecule has 150 valence electrons. The highest BCUT2D eigenvalue weighted by Gasteiger charge is 2.31. The number of hydrogen-bond acceptors (Lipinski definition) is 4. The topological polar surface area (TPSA) is 81.3 Å². The highest BCUT2D eigenvalue weighted by molar-refractivity contribution is 5.88. The predicted molar refractivity (Wildman–Crippen MR) is 108 cm³/mol. The Labute approximate surface area is 166 Å². The van der Waals surface area contributed by atoms with E-state index in [4.69, 9.17) is 0 Å². The van der Waals surface area contributed by atoms with Crippen molar-refractivity contribution < 1.29 is 9.59 Å². The lowest BCUT2D eigenvalue weighted by atomic mass is 10.1. The van der Waals surface area contributed by atoms with E-state index in [9.17, 15) is 9.59 Å². The number of aromatic amines is 1. The number of hydrogen-bond donors (Lipinski definition) is 2. The number of amides is 2. The van der Waals surface area contributed by atoms with Gasteiger partial charge in [0, 0.05) is 32.9 Å². The summed E-state index contributed by atoms with van der Waals surface area (Å²) in [4.78, 5) is 28.9. The molecule has 1 aliphatic rings. The van der Waals surface area contributed by atoms with Crippen molar-refractivity contribution in [2.45, 2.75) is 31.7 Å². The van der Waals surface area contributed by atoms with Gasteiger partial charge in [-0.2, -0.15) is 5.10 Å². The standard InChI is InChI=1S/C21H29N5O2/c1-25(12-9-18-15-23-24-16-18)20(27)14-19-21(28)22-10-13-26(19)11-5-8-17-6-3-2-4-7-17/h2-4,6-7,15-16,19H,5,8-14H2,1H3,(H,22,28)(H,23,24)/t19-/m1/s1. The molecule has 7 nitrogen and oxygen atoms in total. The number of carbonyl (C=O) groups is 2. The summed E-state index contributed by atoms with van der Waals surface area (Å²) in [7, 11) is 1.79. The number of aromatic nitrogens is 2. The van der Waals surface area contributed by atoms with Crippen LogP contribution in [0.5, 0.6) is 0 Å². The summed E-state index contributed by atoms with van der Waals surface area (Å²) in [6.07, 6.45) is 6.51. The van der Waals surface area contributed by atoms with Crippen molar-refractivity contribution in [1.29, 1.82) is 0 Å². The summed E-state index contributed by atoms with van der Waals surface area (Å²) in [6, 6.07) is 9.98. The number of aryl methyl sites for hydroxylation is 1. The second-order valence-electron chi connectivity index (χ2n) is 7.31. The van der Waals surface area contributed by atoms with Crippen LogP contribution in [0.4, 0.5) is 0 Å². The number of likely N-dealkylation sites (N-methyl/N-ethyl adjacent to an activating group) is 1. The van der Waals surface area contributed by atoms with Crippen LogP contribution in [0.25, 0.3) is 0 Å². The summed E-state index contributed by atoms with van der Waals surface area (Å²) < 4.78 is 0. The van der Waals surface area contributed by atoms with Gasteiger partial charge in [-0.3, -0.25) is 19.6 Å². The van der Waals surface area contributed by atoms with Crippen molar-refractivity contribution in [3.05, 3.63) is 53.9 Å². The highest BCUT2D eigenvalue weighted by atomic mass is 16.2. The van der Waals surface area contributed by atoms with Crippen LogP contribution in [0.3, 0.4) is 0 Å². The summed E-state index contributed by atoms with van der Waals surface area (Å²) in [6.45, 7) is 2.86. The second-order valence-corrected chi connectivity index (χ2v) is 7.31. The Morgan fingerprint density at radius 3 is 2.82 bits per heavy atom. The van der Waals surface area contributed by atoms with Crippen LogP contribution in [-0.4, -0.2) is 71.1 Å². The van der Waals surface area contributed by atoms with Gasteiger partial charge in [-0.25, -0.2) is 0 Å². The van der Waals surface area contributed by atoms with Crippen molar-refractivity contribution in [1.82, 2.24) is 25.3 Å². The van der Waals surface area contributed by atoms with Gasteiger partial charge in [-0.05, 0) is 36.9 Å². The van der Waals surface area contributed by atoms with Crippen LogP contribution in [0.2, 0.25) is 0 Å². The third-order valence-electron chi connectivity index (χ3n) is 5.28. The first-order valence-corrected chi connectivity index (χ1v) is 9.91. The molecule has 2 N–H and O–H groups in total. The van der Waals surface area contributed by atoms with Crippen LogP contribution in [0, 0.1) is 0 Å². The zero-order valence-corrected chi connectivity index (χ0v) is 16.4. The molecule has 1 fully saturated rings. The molecule has 2 heterocycles. The van der Waals surface area contributed by atoms with Crippen molar-refractivity contribution in [2.75, 3.05) is 33.2 Å². The van der Waals surface area contributed by atoms with Crippen LogP contribution in [0.1, 0.15) is 24.0 Å². The van der Waals surface area contributed by atoms with Gasteiger partial charge in [0.2, 0.25) is 11.8 Å². The first kappa shape index (κ1) is 20.1. The maximum Gasteiger partial charge on any atom is 0.237 e. The highest BCUT2D eigenvalue weighted by Crippen LogP contribution is 2.13. The fourth-order valence-corrected chi connectivity index (χ4v) is 3.54. The van der Waals surface area contributed by atoms with Crippen molar-refractivity contribution in [3.8, 4) is 0 Å². The number of nitrogens with zero attached hydrogens (tertiary/aromatic N) is 3. The average molecular weight is 383 g/mol.